The Hall–Kier alpha value is -2.99. The molecule has 0 spiro atoms. The van der Waals surface area contributed by atoms with E-state index in [9.17, 15) is 14.4 Å². The first-order valence-corrected chi connectivity index (χ1v) is 15.0. The molecule has 0 radical (unpaired) electrons. The van der Waals surface area contributed by atoms with Crippen molar-refractivity contribution in [3.05, 3.63) is 65.9 Å². The first-order chi connectivity index (χ1) is 19.6. The van der Waals surface area contributed by atoms with E-state index in [1.165, 1.54) is 6.21 Å². The summed E-state index contributed by atoms with van der Waals surface area (Å²) in [5, 5.41) is 10.4. The maximum absolute atomic E-state index is 12.7. The average Bonchev–Trinajstić information content (AvgIpc) is 2.91. The van der Waals surface area contributed by atoms with Crippen molar-refractivity contribution in [1.29, 1.82) is 0 Å². The van der Waals surface area contributed by atoms with Crippen molar-refractivity contribution in [3.8, 4) is 11.5 Å². The molecular weight excluding hydrogens is 778 g/mol. The largest absolute Gasteiger partial charge is 0.483 e. The molecule has 0 saturated carbocycles. The Bertz CT molecular complexity index is 1360. The Balaban J connectivity index is 1.64. The number of rotatable bonds is 12. The van der Waals surface area contributed by atoms with Crippen LogP contribution in [0, 0.1) is 7.14 Å². The lowest BCUT2D eigenvalue weighted by Gasteiger charge is -2.30. The number of nitrogens with zero attached hydrogens (tertiary/aromatic N) is 1. The number of halogens is 2. The SMILES string of the molecule is CCOC(=O)COc1c(I)cc(C=NNC(=O)COc2ccccc2[C@@H]2NC(=S)NC(C)=C2C(=O)OCC)cc1I. The van der Waals surface area contributed by atoms with Gasteiger partial charge in [-0.1, -0.05) is 18.2 Å². The molecule has 1 atom stereocenters. The smallest absolute Gasteiger partial charge is 0.344 e. The summed E-state index contributed by atoms with van der Waals surface area (Å²) < 4.78 is 23.1. The number of carbonyl (C=O) groups is 3. The molecule has 0 aliphatic carbocycles. The Kier molecular flexibility index (Phi) is 12.6. The lowest BCUT2D eigenvalue weighted by atomic mass is 9.95. The normalized spacial score (nSPS) is 14.7. The van der Waals surface area contributed by atoms with Crippen LogP contribution in [0.3, 0.4) is 0 Å². The molecule has 0 fully saturated rings. The highest BCUT2D eigenvalue weighted by molar-refractivity contribution is 14.1. The number of hydrogen-bond acceptors (Lipinski definition) is 9. The summed E-state index contributed by atoms with van der Waals surface area (Å²) in [4.78, 5) is 36.8. The summed E-state index contributed by atoms with van der Waals surface area (Å²) in [5.74, 6) is -0.458. The number of amides is 1. The Labute approximate surface area is 270 Å². The minimum Gasteiger partial charge on any atom is -0.483 e. The van der Waals surface area contributed by atoms with Crippen molar-refractivity contribution in [2.45, 2.75) is 26.8 Å². The molecule has 11 nitrogen and oxygen atoms in total. The number of thiocarbonyl (C=S) groups is 1. The Morgan fingerprint density at radius 2 is 1.73 bits per heavy atom. The minimum atomic E-state index is -0.630. The van der Waals surface area contributed by atoms with Gasteiger partial charge in [0.25, 0.3) is 5.91 Å². The molecule has 0 aromatic heterocycles. The zero-order chi connectivity index (χ0) is 29.9. The van der Waals surface area contributed by atoms with Crippen LogP contribution in [0.15, 0.2) is 52.8 Å². The predicted octanol–water partition coefficient (Wildman–Crippen LogP) is 3.72. The van der Waals surface area contributed by atoms with Crippen LogP contribution in [-0.2, 0) is 23.9 Å². The fourth-order valence-corrected chi connectivity index (χ4v) is 6.14. The molecular formula is C27H28I2N4O7S. The maximum atomic E-state index is 12.7. The van der Waals surface area contributed by atoms with Gasteiger partial charge >= 0.3 is 11.9 Å². The van der Waals surface area contributed by atoms with Crippen LogP contribution in [0.1, 0.15) is 37.9 Å². The van der Waals surface area contributed by atoms with Gasteiger partial charge < -0.3 is 29.6 Å². The highest BCUT2D eigenvalue weighted by Crippen LogP contribution is 2.33. The molecule has 41 heavy (non-hydrogen) atoms. The highest BCUT2D eigenvalue weighted by atomic mass is 127. The van der Waals surface area contributed by atoms with E-state index in [-0.39, 0.29) is 26.4 Å². The first-order valence-electron chi connectivity index (χ1n) is 12.4. The van der Waals surface area contributed by atoms with Crippen LogP contribution in [-0.4, -0.2) is 55.6 Å². The molecule has 218 valence electrons. The number of nitrogens with one attached hydrogen (secondary N) is 3. The predicted molar refractivity (Wildman–Crippen MR) is 173 cm³/mol. The third-order valence-electron chi connectivity index (χ3n) is 5.42. The topological polar surface area (TPSA) is 137 Å². The number of hydrogen-bond donors (Lipinski definition) is 3. The van der Waals surface area contributed by atoms with E-state index in [1.54, 1.807) is 57.2 Å². The van der Waals surface area contributed by atoms with Gasteiger partial charge in [0.1, 0.15) is 11.5 Å². The van der Waals surface area contributed by atoms with Crippen molar-refractivity contribution in [2.24, 2.45) is 5.10 Å². The first kappa shape index (κ1) is 32.5. The maximum Gasteiger partial charge on any atom is 0.344 e. The summed E-state index contributed by atoms with van der Waals surface area (Å²) in [7, 11) is 0. The molecule has 1 aliphatic rings. The number of carbonyl (C=O) groups excluding carboxylic acids is 3. The molecule has 1 heterocycles. The van der Waals surface area contributed by atoms with Crippen molar-refractivity contribution >= 4 is 86.6 Å². The monoisotopic (exact) mass is 806 g/mol. The van der Waals surface area contributed by atoms with Crippen LogP contribution in [0.4, 0.5) is 0 Å². The second-order valence-electron chi connectivity index (χ2n) is 8.32. The lowest BCUT2D eigenvalue weighted by molar-refractivity contribution is -0.145. The summed E-state index contributed by atoms with van der Waals surface area (Å²) in [6.45, 7) is 5.20. The summed E-state index contributed by atoms with van der Waals surface area (Å²) in [6.07, 6.45) is 1.49. The highest BCUT2D eigenvalue weighted by Gasteiger charge is 2.32. The summed E-state index contributed by atoms with van der Waals surface area (Å²) >= 11 is 9.50. The average molecular weight is 806 g/mol. The molecule has 14 heteroatoms. The van der Waals surface area contributed by atoms with Gasteiger partial charge in [-0.25, -0.2) is 15.0 Å². The van der Waals surface area contributed by atoms with Gasteiger partial charge in [0.2, 0.25) is 0 Å². The van der Waals surface area contributed by atoms with Crippen LogP contribution in [0.2, 0.25) is 0 Å². The van der Waals surface area contributed by atoms with Crippen molar-refractivity contribution in [1.82, 2.24) is 16.1 Å². The summed E-state index contributed by atoms with van der Waals surface area (Å²) in [5.41, 5.74) is 4.72. The van der Waals surface area contributed by atoms with E-state index >= 15 is 0 Å². The molecule has 3 rings (SSSR count). The van der Waals surface area contributed by atoms with Crippen LogP contribution in [0.25, 0.3) is 0 Å². The van der Waals surface area contributed by atoms with Crippen molar-refractivity contribution in [2.75, 3.05) is 26.4 Å². The van der Waals surface area contributed by atoms with Gasteiger partial charge in [-0.3, -0.25) is 4.79 Å². The van der Waals surface area contributed by atoms with Gasteiger partial charge in [0.05, 0.1) is 38.2 Å². The van der Waals surface area contributed by atoms with E-state index in [0.717, 1.165) is 12.7 Å². The number of ether oxygens (including phenoxy) is 4. The van der Waals surface area contributed by atoms with E-state index in [2.05, 4.69) is 66.3 Å². The van der Waals surface area contributed by atoms with E-state index < -0.39 is 23.9 Å². The molecule has 0 bridgehead atoms. The van der Waals surface area contributed by atoms with Gasteiger partial charge in [0, 0.05) is 11.3 Å². The Morgan fingerprint density at radius 1 is 1.05 bits per heavy atom. The number of allylic oxidation sites excluding steroid dienone is 1. The zero-order valence-corrected chi connectivity index (χ0v) is 27.5. The standard InChI is InChI=1S/C27H28I2N4O7S/c1-4-37-22(35)14-40-25-18(28)10-16(11-19(25)29)12-30-33-21(34)13-39-20-9-7-6-8-17(20)24-23(26(36)38-5-2)15(3)31-27(41)32-24/h6-12,24H,4-5,13-14H2,1-3H3,(H,33,34)(H2,31,32,41)/t24-/m0/s1. The zero-order valence-electron chi connectivity index (χ0n) is 22.4. The number of hydrazone groups is 1. The van der Waals surface area contributed by atoms with E-state index in [4.69, 9.17) is 31.2 Å². The summed E-state index contributed by atoms with van der Waals surface area (Å²) in [6, 6.07) is 10.0. The van der Waals surface area contributed by atoms with Crippen LogP contribution in [0.5, 0.6) is 11.5 Å². The molecule has 1 amide bonds. The minimum absolute atomic E-state index is 0.188. The molecule has 0 unspecified atom stereocenters. The van der Waals surface area contributed by atoms with Crippen molar-refractivity contribution < 1.29 is 33.3 Å². The van der Waals surface area contributed by atoms with Crippen LogP contribution >= 0.6 is 57.4 Å². The quantitative estimate of drug-likeness (QED) is 0.0958. The molecule has 1 aliphatic heterocycles. The third-order valence-corrected chi connectivity index (χ3v) is 7.24. The third kappa shape index (κ3) is 9.26. The number of esters is 2. The van der Waals surface area contributed by atoms with E-state index in [1.807, 2.05) is 0 Å². The second-order valence-corrected chi connectivity index (χ2v) is 11.1. The van der Waals surface area contributed by atoms with Gasteiger partial charge in [-0.05, 0) is 102 Å². The van der Waals surface area contributed by atoms with Gasteiger partial charge in [0.15, 0.2) is 18.3 Å². The number of benzene rings is 2. The molecule has 0 saturated heterocycles. The van der Waals surface area contributed by atoms with Gasteiger partial charge in [-0.2, -0.15) is 5.10 Å². The fourth-order valence-electron chi connectivity index (χ4n) is 3.74. The molecule has 2 aromatic carbocycles. The van der Waals surface area contributed by atoms with Crippen molar-refractivity contribution in [3.63, 3.8) is 0 Å². The fraction of sp³-hybridized carbons (Fsp3) is 0.296. The number of para-hydroxylation sites is 1. The molecule has 2 aromatic rings. The van der Waals surface area contributed by atoms with Gasteiger partial charge in [-0.15, -0.1) is 0 Å². The van der Waals surface area contributed by atoms with E-state index in [0.29, 0.717) is 33.4 Å². The Morgan fingerprint density at radius 3 is 2.41 bits per heavy atom. The van der Waals surface area contributed by atoms with Crippen LogP contribution < -0.4 is 25.5 Å². The molecule has 3 N–H and O–H groups in total. The second kappa shape index (κ2) is 15.9. The lowest BCUT2D eigenvalue weighted by Crippen LogP contribution is -2.45.